The number of cyclic esters (lactones) is 1. The number of hydrogen-bond donors (Lipinski definition) is 1. The second-order valence-electron chi connectivity index (χ2n) is 9.49. The molecule has 0 spiro atoms. The van der Waals surface area contributed by atoms with Gasteiger partial charge in [-0.05, 0) is 74.3 Å². The number of H-pyrrole nitrogens is 1. The van der Waals surface area contributed by atoms with Gasteiger partial charge < -0.3 is 9.72 Å². The highest BCUT2D eigenvalue weighted by Crippen LogP contribution is 2.56. The summed E-state index contributed by atoms with van der Waals surface area (Å²) in [5, 5.41) is 0. The van der Waals surface area contributed by atoms with E-state index in [4.69, 9.17) is 4.74 Å². The summed E-state index contributed by atoms with van der Waals surface area (Å²) in [4.78, 5) is 14.9. The van der Waals surface area contributed by atoms with Gasteiger partial charge in [0.1, 0.15) is 11.9 Å². The number of rotatable bonds is 2. The van der Waals surface area contributed by atoms with Crippen molar-refractivity contribution in [1.29, 1.82) is 0 Å². The molecule has 5 atom stereocenters. The highest BCUT2D eigenvalue weighted by Gasteiger charge is 2.53. The summed E-state index contributed by atoms with van der Waals surface area (Å²) in [7, 11) is 0. The molecule has 0 bridgehead atoms. The lowest BCUT2D eigenvalue weighted by Crippen LogP contribution is -2.42. The van der Waals surface area contributed by atoms with E-state index in [2.05, 4.69) is 38.3 Å². The monoisotopic (exact) mass is 465 g/mol. The van der Waals surface area contributed by atoms with Crippen molar-refractivity contribution in [2.45, 2.75) is 72.3 Å². The molecule has 0 radical (unpaired) electrons. The molecule has 184 valence electrons. The Morgan fingerprint density at radius 3 is 2.59 bits per heavy atom. The molecule has 4 heteroatoms. The van der Waals surface area contributed by atoms with Crippen LogP contribution in [-0.2, 0) is 9.53 Å². The Morgan fingerprint density at radius 2 is 1.94 bits per heavy atom. The molecule has 1 saturated heterocycles. The molecular formula is C30H40FNO2. The summed E-state index contributed by atoms with van der Waals surface area (Å²) < 4.78 is 18.3. The summed E-state index contributed by atoms with van der Waals surface area (Å²) in [5.74, 6) is 1.38. The molecule has 34 heavy (non-hydrogen) atoms. The van der Waals surface area contributed by atoms with Crippen molar-refractivity contribution in [3.05, 3.63) is 54.5 Å². The van der Waals surface area contributed by atoms with Gasteiger partial charge in [-0.3, -0.25) is 4.79 Å². The molecule has 1 unspecified atom stereocenters. The van der Waals surface area contributed by atoms with Crippen LogP contribution in [0.5, 0.6) is 0 Å². The molecule has 3 fully saturated rings. The maximum Gasteiger partial charge on any atom is 0.309 e. The van der Waals surface area contributed by atoms with Crippen molar-refractivity contribution >= 4 is 12.0 Å². The van der Waals surface area contributed by atoms with E-state index in [-0.39, 0.29) is 23.8 Å². The normalized spacial score (nSPS) is 28.7. The van der Waals surface area contributed by atoms with Crippen LogP contribution in [0.1, 0.15) is 71.9 Å². The van der Waals surface area contributed by atoms with Crippen LogP contribution in [-0.4, -0.2) is 17.1 Å². The van der Waals surface area contributed by atoms with Crippen LogP contribution in [0.15, 0.2) is 43.0 Å². The predicted octanol–water partition coefficient (Wildman–Crippen LogP) is 7.89. The van der Waals surface area contributed by atoms with Gasteiger partial charge in [-0.1, -0.05) is 52.3 Å². The van der Waals surface area contributed by atoms with E-state index >= 15 is 0 Å². The lowest BCUT2D eigenvalue weighted by Gasteiger charge is -2.48. The first kappa shape index (κ1) is 27.4. The van der Waals surface area contributed by atoms with Crippen molar-refractivity contribution in [1.82, 2.24) is 4.98 Å². The lowest BCUT2D eigenvalue weighted by molar-refractivity contribution is -0.144. The fourth-order valence-electron chi connectivity index (χ4n) is 5.78. The quantitative estimate of drug-likeness (QED) is 0.362. The molecule has 3 aliphatic rings. The minimum absolute atomic E-state index is 0.0881. The van der Waals surface area contributed by atoms with Crippen LogP contribution >= 0.6 is 0 Å². The first-order valence-electron chi connectivity index (χ1n) is 12.5. The van der Waals surface area contributed by atoms with Gasteiger partial charge in [0.25, 0.3) is 0 Å². The zero-order valence-corrected chi connectivity index (χ0v) is 21.1. The van der Waals surface area contributed by atoms with Crippen molar-refractivity contribution < 1.29 is 13.9 Å². The molecule has 1 aliphatic heterocycles. The Hall–Kier alpha value is -2.80. The van der Waals surface area contributed by atoms with Gasteiger partial charge >= 0.3 is 5.97 Å². The largest absolute Gasteiger partial charge is 0.462 e. The number of fused-ring (bicyclic) bond motifs is 2. The number of carbonyl (C=O) groups excluding carboxylic acids is 1. The number of ether oxygens (including phenoxy) is 1. The van der Waals surface area contributed by atoms with Gasteiger partial charge in [0.05, 0.1) is 5.92 Å². The summed E-state index contributed by atoms with van der Waals surface area (Å²) >= 11 is 0. The maximum atomic E-state index is 12.9. The molecule has 0 amide bonds. The molecule has 3 nitrogen and oxygen atoms in total. The molecule has 2 aliphatic carbocycles. The van der Waals surface area contributed by atoms with E-state index < -0.39 is 0 Å². The van der Waals surface area contributed by atoms with Gasteiger partial charge in [0.15, 0.2) is 0 Å². The van der Waals surface area contributed by atoms with Crippen LogP contribution < -0.4 is 0 Å². The first-order chi connectivity index (χ1) is 16.4. The van der Waals surface area contributed by atoms with Crippen LogP contribution in [0.2, 0.25) is 0 Å². The number of terminal acetylenes is 1. The molecule has 1 N–H and O–H groups in total. The molecule has 2 saturated carbocycles. The Labute approximate surface area is 205 Å². The second-order valence-corrected chi connectivity index (χ2v) is 9.49. The van der Waals surface area contributed by atoms with Crippen LogP contribution in [0.25, 0.3) is 17.3 Å². The minimum Gasteiger partial charge on any atom is -0.462 e. The van der Waals surface area contributed by atoms with E-state index in [1.165, 1.54) is 44.2 Å². The Balaban J connectivity index is 0.000000211. The standard InChI is InChI=1S/C14H22O2.C12H10FN.C2H6.C2H2/c1-9-12-8-14(2)6-4-3-5-10(14)7-11(12)13(15)16-9;1-2-11-6-7-12(14-11)9-4-3-5-10(13)8-9;2*1-2/h9-12H,3-8H2,1-2H3;2-8,14H,1H2;1-2H3;1-2H/t9-,10+,11-,12-,14?;;;/m1.../s1. The average Bonchev–Trinajstić information content (AvgIpc) is 3.45. The zero-order valence-electron chi connectivity index (χ0n) is 21.1. The number of aromatic amines is 1. The summed E-state index contributed by atoms with van der Waals surface area (Å²) in [5.41, 5.74) is 3.18. The number of hydrogen-bond acceptors (Lipinski definition) is 2. The Kier molecular flexibility index (Phi) is 10.2. The van der Waals surface area contributed by atoms with Crippen molar-refractivity contribution in [3.8, 4) is 24.1 Å². The fourth-order valence-corrected chi connectivity index (χ4v) is 5.78. The Morgan fingerprint density at radius 1 is 1.21 bits per heavy atom. The van der Waals surface area contributed by atoms with Crippen molar-refractivity contribution in [2.24, 2.45) is 23.2 Å². The first-order valence-corrected chi connectivity index (χ1v) is 12.5. The number of benzene rings is 1. The van der Waals surface area contributed by atoms with E-state index in [9.17, 15) is 9.18 Å². The summed E-state index contributed by atoms with van der Waals surface area (Å²) in [6, 6.07) is 10.3. The Bertz CT molecular complexity index is 961. The predicted molar refractivity (Wildman–Crippen MR) is 139 cm³/mol. The zero-order chi connectivity index (χ0) is 25.3. The van der Waals surface area contributed by atoms with E-state index in [0.29, 0.717) is 11.3 Å². The van der Waals surface area contributed by atoms with Crippen molar-refractivity contribution in [2.75, 3.05) is 0 Å². The topological polar surface area (TPSA) is 42.1 Å². The molecule has 2 heterocycles. The van der Waals surface area contributed by atoms with E-state index in [1.54, 1.807) is 12.1 Å². The fraction of sp³-hybridized carbons (Fsp3) is 0.500. The van der Waals surface area contributed by atoms with Crippen molar-refractivity contribution in [3.63, 3.8) is 0 Å². The smallest absolute Gasteiger partial charge is 0.309 e. The second kappa shape index (κ2) is 12.6. The third kappa shape index (κ3) is 6.20. The average molecular weight is 466 g/mol. The number of esters is 1. The number of carbonyl (C=O) groups is 1. The lowest BCUT2D eigenvalue weighted by atomic mass is 9.55. The van der Waals surface area contributed by atoms with Crippen LogP contribution in [0, 0.1) is 41.8 Å². The van der Waals surface area contributed by atoms with Gasteiger partial charge in [-0.25, -0.2) is 4.39 Å². The van der Waals surface area contributed by atoms with E-state index in [1.807, 2.05) is 32.0 Å². The number of aromatic nitrogens is 1. The van der Waals surface area contributed by atoms with Gasteiger partial charge in [-0.15, -0.1) is 12.8 Å². The van der Waals surface area contributed by atoms with Crippen LogP contribution in [0.3, 0.4) is 0 Å². The number of halogens is 1. The molecule has 1 aromatic heterocycles. The van der Waals surface area contributed by atoms with Crippen LogP contribution in [0.4, 0.5) is 4.39 Å². The summed E-state index contributed by atoms with van der Waals surface area (Å²) in [6.07, 6.45) is 17.7. The minimum atomic E-state index is -0.225. The maximum absolute atomic E-state index is 12.9. The van der Waals surface area contributed by atoms with Gasteiger partial charge in [0, 0.05) is 22.9 Å². The highest BCUT2D eigenvalue weighted by atomic mass is 19.1. The molecule has 2 aromatic rings. The van der Waals surface area contributed by atoms with Gasteiger partial charge in [-0.2, -0.15) is 0 Å². The number of nitrogens with one attached hydrogen (secondary N) is 1. The summed E-state index contributed by atoms with van der Waals surface area (Å²) in [6.45, 7) is 12.2. The SMILES string of the molecule is C#C.C=Cc1ccc(-c2cccc(F)c2)[nH]1.CC.C[C@H]1OC(=O)[C@@H]2C[C@@H]3CCCCC3(C)C[C@H]12. The third-order valence-electron chi connectivity index (χ3n) is 7.57. The van der Waals surface area contributed by atoms with Gasteiger partial charge in [0.2, 0.25) is 0 Å². The van der Waals surface area contributed by atoms with E-state index in [0.717, 1.165) is 29.3 Å². The molecule has 1 aromatic carbocycles. The molecule has 5 rings (SSSR count). The third-order valence-corrected chi connectivity index (χ3v) is 7.57. The molecular weight excluding hydrogens is 425 g/mol. The highest BCUT2D eigenvalue weighted by molar-refractivity contribution is 5.75.